The molecule has 2 nitrogen and oxygen atoms in total. The molecule has 1 fully saturated rings. The zero-order valence-corrected chi connectivity index (χ0v) is 9.14. The van der Waals surface area contributed by atoms with E-state index in [2.05, 4.69) is 28.5 Å². The van der Waals surface area contributed by atoms with Gasteiger partial charge in [-0.2, -0.15) is 0 Å². The monoisotopic (exact) mass is 220 g/mol. The average Bonchev–Trinajstić information content (AvgIpc) is 2.88. The second-order valence-corrected chi connectivity index (χ2v) is 4.54. The van der Waals surface area contributed by atoms with Crippen LogP contribution in [-0.4, -0.2) is 18.1 Å². The van der Waals surface area contributed by atoms with Gasteiger partial charge in [0, 0.05) is 23.6 Å². The predicted octanol–water partition coefficient (Wildman–Crippen LogP) is 2.90. The lowest BCUT2D eigenvalue weighted by Crippen LogP contribution is -2.07. The highest BCUT2D eigenvalue weighted by molar-refractivity contribution is 6.35. The van der Waals surface area contributed by atoms with Gasteiger partial charge in [-0.3, -0.25) is 0 Å². The Kier molecular flexibility index (Phi) is 2.19. The van der Waals surface area contributed by atoms with E-state index in [1.54, 1.807) is 0 Å². The first-order valence-corrected chi connectivity index (χ1v) is 5.69. The van der Waals surface area contributed by atoms with Crippen molar-refractivity contribution in [3.8, 4) is 0 Å². The molecule has 0 radical (unpaired) electrons. The zero-order valence-electron chi connectivity index (χ0n) is 8.39. The number of rotatable bonds is 1. The minimum atomic E-state index is 0.653. The predicted molar refractivity (Wildman–Crippen MR) is 63.5 cm³/mol. The number of hydrogen-bond acceptors (Lipinski definition) is 1. The van der Waals surface area contributed by atoms with Crippen LogP contribution in [0.1, 0.15) is 17.9 Å². The molecule has 1 unspecified atom stereocenters. The van der Waals surface area contributed by atoms with E-state index < -0.39 is 0 Å². The van der Waals surface area contributed by atoms with Crippen molar-refractivity contribution in [1.82, 2.24) is 10.3 Å². The summed E-state index contributed by atoms with van der Waals surface area (Å²) in [6, 6.07) is 6.54. The second kappa shape index (κ2) is 3.54. The lowest BCUT2D eigenvalue weighted by Gasteiger charge is -2.08. The van der Waals surface area contributed by atoms with Gasteiger partial charge in [0.25, 0.3) is 0 Å². The van der Waals surface area contributed by atoms with Gasteiger partial charge in [0.1, 0.15) is 0 Å². The Morgan fingerprint density at radius 1 is 1.33 bits per heavy atom. The Bertz CT molecular complexity index is 483. The Hall–Kier alpha value is -0.990. The molecule has 1 saturated heterocycles. The van der Waals surface area contributed by atoms with Crippen LogP contribution in [0.3, 0.4) is 0 Å². The molecule has 15 heavy (non-hydrogen) atoms. The molecular weight excluding hydrogens is 208 g/mol. The van der Waals surface area contributed by atoms with Crippen molar-refractivity contribution in [3.63, 3.8) is 0 Å². The summed E-state index contributed by atoms with van der Waals surface area (Å²) in [6.07, 6.45) is 3.08. The summed E-state index contributed by atoms with van der Waals surface area (Å²) >= 11 is 6.10. The minimum absolute atomic E-state index is 0.653. The lowest BCUT2D eigenvalue weighted by atomic mass is 9.97. The molecule has 2 heterocycles. The van der Waals surface area contributed by atoms with Gasteiger partial charge in [0.2, 0.25) is 0 Å². The van der Waals surface area contributed by atoms with Crippen LogP contribution in [0.2, 0.25) is 5.02 Å². The number of aromatic amines is 1. The first-order valence-electron chi connectivity index (χ1n) is 5.32. The van der Waals surface area contributed by atoms with Crippen molar-refractivity contribution in [3.05, 3.63) is 35.0 Å². The molecular formula is C12H13ClN2. The number of aromatic nitrogens is 1. The molecule has 78 valence electrons. The van der Waals surface area contributed by atoms with Gasteiger partial charge in [-0.05, 0) is 36.6 Å². The number of hydrogen-bond donors (Lipinski definition) is 2. The van der Waals surface area contributed by atoms with Crippen LogP contribution in [0.5, 0.6) is 0 Å². The van der Waals surface area contributed by atoms with Crippen molar-refractivity contribution in [2.45, 2.75) is 12.3 Å². The SMILES string of the molecule is Clc1c[nH]c2ccc(C3CCNC3)cc12. The third-order valence-electron chi connectivity index (χ3n) is 3.19. The van der Waals surface area contributed by atoms with Gasteiger partial charge in [-0.15, -0.1) is 0 Å². The Labute approximate surface area is 93.6 Å². The van der Waals surface area contributed by atoms with E-state index in [9.17, 15) is 0 Å². The summed E-state index contributed by atoms with van der Waals surface area (Å²) in [6.45, 7) is 2.22. The highest BCUT2D eigenvalue weighted by atomic mass is 35.5. The Morgan fingerprint density at radius 3 is 3.07 bits per heavy atom. The van der Waals surface area contributed by atoms with Crippen LogP contribution in [0, 0.1) is 0 Å². The maximum absolute atomic E-state index is 6.10. The molecule has 0 bridgehead atoms. The molecule has 1 atom stereocenters. The lowest BCUT2D eigenvalue weighted by molar-refractivity contribution is 0.765. The van der Waals surface area contributed by atoms with E-state index in [1.807, 2.05) is 6.20 Å². The summed E-state index contributed by atoms with van der Waals surface area (Å²) in [5.74, 6) is 0.653. The van der Waals surface area contributed by atoms with Gasteiger partial charge >= 0.3 is 0 Å². The fourth-order valence-electron chi connectivity index (χ4n) is 2.30. The number of halogens is 1. The van der Waals surface area contributed by atoms with Gasteiger partial charge in [-0.1, -0.05) is 17.7 Å². The first-order chi connectivity index (χ1) is 7.34. The molecule has 3 rings (SSSR count). The van der Waals surface area contributed by atoms with Crippen molar-refractivity contribution >= 4 is 22.5 Å². The van der Waals surface area contributed by atoms with Crippen LogP contribution in [0.15, 0.2) is 24.4 Å². The maximum Gasteiger partial charge on any atom is 0.0659 e. The highest BCUT2D eigenvalue weighted by Gasteiger charge is 2.17. The molecule has 1 aliphatic rings. The summed E-state index contributed by atoms with van der Waals surface area (Å²) in [5.41, 5.74) is 2.52. The van der Waals surface area contributed by atoms with E-state index in [4.69, 9.17) is 11.6 Å². The minimum Gasteiger partial charge on any atom is -0.360 e. The third kappa shape index (κ3) is 1.54. The second-order valence-electron chi connectivity index (χ2n) is 4.13. The number of nitrogens with one attached hydrogen (secondary N) is 2. The maximum atomic E-state index is 6.10. The number of H-pyrrole nitrogens is 1. The van der Waals surface area contributed by atoms with Gasteiger partial charge < -0.3 is 10.3 Å². The highest BCUT2D eigenvalue weighted by Crippen LogP contribution is 2.29. The van der Waals surface area contributed by atoms with Gasteiger partial charge in [0.05, 0.1) is 5.02 Å². The van der Waals surface area contributed by atoms with E-state index in [0.717, 1.165) is 29.0 Å². The third-order valence-corrected chi connectivity index (χ3v) is 3.50. The van der Waals surface area contributed by atoms with E-state index in [-0.39, 0.29) is 0 Å². The van der Waals surface area contributed by atoms with Crippen LogP contribution in [0.25, 0.3) is 10.9 Å². The summed E-state index contributed by atoms with van der Waals surface area (Å²) in [7, 11) is 0. The fraction of sp³-hybridized carbons (Fsp3) is 0.333. The first kappa shape index (κ1) is 9.25. The molecule has 1 aliphatic heterocycles. The molecule has 0 aliphatic carbocycles. The quantitative estimate of drug-likeness (QED) is 0.760. The molecule has 2 N–H and O–H groups in total. The van der Waals surface area contributed by atoms with Gasteiger partial charge in [-0.25, -0.2) is 0 Å². The smallest absolute Gasteiger partial charge is 0.0659 e. The van der Waals surface area contributed by atoms with E-state index in [0.29, 0.717) is 5.92 Å². The topological polar surface area (TPSA) is 27.8 Å². The van der Waals surface area contributed by atoms with Crippen LogP contribution < -0.4 is 5.32 Å². The van der Waals surface area contributed by atoms with E-state index >= 15 is 0 Å². The van der Waals surface area contributed by atoms with Crippen molar-refractivity contribution in [2.24, 2.45) is 0 Å². The van der Waals surface area contributed by atoms with Gasteiger partial charge in [0.15, 0.2) is 0 Å². The Balaban J connectivity index is 2.08. The number of fused-ring (bicyclic) bond motifs is 1. The zero-order chi connectivity index (χ0) is 10.3. The normalized spacial score (nSPS) is 21.3. The van der Waals surface area contributed by atoms with E-state index in [1.165, 1.54) is 12.0 Å². The van der Waals surface area contributed by atoms with Crippen molar-refractivity contribution in [1.29, 1.82) is 0 Å². The Morgan fingerprint density at radius 2 is 2.27 bits per heavy atom. The van der Waals surface area contributed by atoms with Crippen LogP contribution in [0.4, 0.5) is 0 Å². The van der Waals surface area contributed by atoms with Crippen molar-refractivity contribution < 1.29 is 0 Å². The fourth-order valence-corrected chi connectivity index (χ4v) is 2.51. The average molecular weight is 221 g/mol. The molecule has 0 amide bonds. The standard InChI is InChI=1S/C12H13ClN2/c13-11-7-15-12-2-1-8(5-10(11)12)9-3-4-14-6-9/h1-2,5,7,9,14-15H,3-4,6H2. The van der Waals surface area contributed by atoms with Crippen molar-refractivity contribution in [2.75, 3.05) is 13.1 Å². The molecule has 1 aromatic carbocycles. The van der Waals surface area contributed by atoms with Crippen LogP contribution >= 0.6 is 11.6 Å². The van der Waals surface area contributed by atoms with Crippen LogP contribution in [-0.2, 0) is 0 Å². The summed E-state index contributed by atoms with van der Waals surface area (Å²) < 4.78 is 0. The number of benzene rings is 1. The summed E-state index contributed by atoms with van der Waals surface area (Å²) in [4.78, 5) is 3.16. The molecule has 3 heteroatoms. The molecule has 0 spiro atoms. The molecule has 2 aromatic rings. The largest absolute Gasteiger partial charge is 0.360 e. The molecule has 1 aromatic heterocycles. The summed E-state index contributed by atoms with van der Waals surface area (Å²) in [5, 5.41) is 5.34. The molecule has 0 saturated carbocycles.